The molecule has 0 saturated carbocycles. The number of ether oxygens (including phenoxy) is 1. The standard InChI is InChI=1S/C20H31N3O2/c1-16(17-7-4-3-5-8-17)25-14-6-12-21-20(24)23-13-11-18-9-10-19(15-23)22(18)2/h3-5,7-8,16,18-19H,6,9-15H2,1-2H3,(H,21,24)/t16-,18-,19+/m1/s1. The summed E-state index contributed by atoms with van der Waals surface area (Å²) >= 11 is 0. The number of likely N-dealkylation sites (N-methyl/N-ethyl adjacent to an activating group) is 1. The molecule has 3 rings (SSSR count). The number of rotatable bonds is 6. The highest BCUT2D eigenvalue weighted by Gasteiger charge is 2.35. The zero-order valence-corrected chi connectivity index (χ0v) is 15.5. The fourth-order valence-corrected chi connectivity index (χ4v) is 3.95. The number of likely N-dealkylation sites (tertiary alicyclic amines) is 1. The van der Waals surface area contributed by atoms with Crippen LogP contribution in [-0.2, 0) is 4.74 Å². The zero-order valence-electron chi connectivity index (χ0n) is 15.5. The summed E-state index contributed by atoms with van der Waals surface area (Å²) in [4.78, 5) is 16.9. The van der Waals surface area contributed by atoms with Crippen LogP contribution in [0.3, 0.4) is 0 Å². The Morgan fingerprint density at radius 3 is 2.80 bits per heavy atom. The van der Waals surface area contributed by atoms with E-state index in [1.165, 1.54) is 18.4 Å². The van der Waals surface area contributed by atoms with Crippen molar-refractivity contribution in [2.45, 2.75) is 50.8 Å². The van der Waals surface area contributed by atoms with Crippen molar-refractivity contribution >= 4 is 6.03 Å². The number of carbonyl (C=O) groups excluding carboxylic acids is 1. The monoisotopic (exact) mass is 345 g/mol. The van der Waals surface area contributed by atoms with Crippen LogP contribution in [-0.4, -0.2) is 61.2 Å². The lowest BCUT2D eigenvalue weighted by Crippen LogP contribution is -2.45. The number of urea groups is 1. The number of nitrogens with one attached hydrogen (secondary N) is 1. The highest BCUT2D eigenvalue weighted by atomic mass is 16.5. The Morgan fingerprint density at radius 2 is 2.00 bits per heavy atom. The quantitative estimate of drug-likeness (QED) is 0.806. The average molecular weight is 345 g/mol. The Hall–Kier alpha value is -1.59. The van der Waals surface area contributed by atoms with Crippen molar-refractivity contribution in [3.63, 3.8) is 0 Å². The Balaban J connectivity index is 1.33. The van der Waals surface area contributed by atoms with Gasteiger partial charge in [-0.1, -0.05) is 30.3 Å². The molecule has 2 fully saturated rings. The Bertz CT molecular complexity index is 551. The molecule has 2 bridgehead atoms. The summed E-state index contributed by atoms with van der Waals surface area (Å²) in [5, 5.41) is 3.06. The molecule has 0 aromatic heterocycles. The van der Waals surface area contributed by atoms with Gasteiger partial charge < -0.3 is 15.0 Å². The fourth-order valence-electron chi connectivity index (χ4n) is 3.95. The second-order valence-corrected chi connectivity index (χ2v) is 7.29. The molecular weight excluding hydrogens is 314 g/mol. The largest absolute Gasteiger partial charge is 0.374 e. The maximum atomic E-state index is 12.4. The van der Waals surface area contributed by atoms with Crippen molar-refractivity contribution in [1.29, 1.82) is 0 Å². The van der Waals surface area contributed by atoms with Gasteiger partial charge >= 0.3 is 6.03 Å². The highest BCUT2D eigenvalue weighted by Crippen LogP contribution is 2.28. The van der Waals surface area contributed by atoms with Crippen LogP contribution in [0.2, 0.25) is 0 Å². The molecule has 1 N–H and O–H groups in total. The number of hydrogen-bond acceptors (Lipinski definition) is 3. The first-order valence-electron chi connectivity index (χ1n) is 9.56. The summed E-state index contributed by atoms with van der Waals surface area (Å²) in [6.45, 7) is 5.13. The molecule has 138 valence electrons. The van der Waals surface area contributed by atoms with Crippen LogP contribution in [0.1, 0.15) is 44.3 Å². The van der Waals surface area contributed by atoms with Crippen LogP contribution < -0.4 is 5.32 Å². The van der Waals surface area contributed by atoms with Crippen molar-refractivity contribution < 1.29 is 9.53 Å². The van der Waals surface area contributed by atoms with E-state index in [0.29, 0.717) is 25.2 Å². The van der Waals surface area contributed by atoms with Gasteiger partial charge in [0.2, 0.25) is 0 Å². The molecule has 1 aromatic carbocycles. The summed E-state index contributed by atoms with van der Waals surface area (Å²) in [5.41, 5.74) is 1.19. The van der Waals surface area contributed by atoms with Crippen LogP contribution in [0.5, 0.6) is 0 Å². The topological polar surface area (TPSA) is 44.8 Å². The second kappa shape index (κ2) is 8.68. The Labute approximate surface area is 151 Å². The number of carbonyl (C=O) groups is 1. The molecule has 2 aliphatic heterocycles. The first-order chi connectivity index (χ1) is 12.1. The fraction of sp³-hybridized carbons (Fsp3) is 0.650. The van der Waals surface area contributed by atoms with Crippen LogP contribution in [0.15, 0.2) is 30.3 Å². The van der Waals surface area contributed by atoms with E-state index in [1.807, 2.05) is 23.1 Å². The summed E-state index contributed by atoms with van der Waals surface area (Å²) in [5.74, 6) is 0. The molecule has 0 radical (unpaired) electrons. The summed E-state index contributed by atoms with van der Waals surface area (Å²) < 4.78 is 5.86. The maximum absolute atomic E-state index is 12.4. The van der Waals surface area contributed by atoms with Gasteiger partial charge in [0.1, 0.15) is 0 Å². The minimum atomic E-state index is 0.0806. The van der Waals surface area contributed by atoms with Gasteiger partial charge in [0, 0.05) is 38.3 Å². The van der Waals surface area contributed by atoms with Crippen LogP contribution in [0.4, 0.5) is 4.79 Å². The first kappa shape index (κ1) is 18.2. The van der Waals surface area contributed by atoms with Gasteiger partial charge in [-0.25, -0.2) is 4.79 Å². The minimum absolute atomic E-state index is 0.0806. The molecule has 5 heteroatoms. The molecule has 2 heterocycles. The Morgan fingerprint density at radius 1 is 1.24 bits per heavy atom. The molecule has 3 atom stereocenters. The average Bonchev–Trinajstić information content (AvgIpc) is 2.87. The Kier molecular flexibility index (Phi) is 6.32. The number of fused-ring (bicyclic) bond motifs is 2. The molecule has 25 heavy (non-hydrogen) atoms. The summed E-state index contributed by atoms with van der Waals surface area (Å²) in [7, 11) is 2.20. The SMILES string of the molecule is C[C@@H](OCCCNC(=O)N1CC[C@H]2CC[C@@H](C1)N2C)c1ccccc1. The molecule has 1 aromatic rings. The number of nitrogens with zero attached hydrogens (tertiary/aromatic N) is 2. The number of hydrogen-bond donors (Lipinski definition) is 1. The van der Waals surface area contributed by atoms with Crippen molar-refractivity contribution in [2.24, 2.45) is 0 Å². The van der Waals surface area contributed by atoms with Crippen molar-refractivity contribution in [2.75, 3.05) is 33.3 Å². The lowest BCUT2D eigenvalue weighted by Gasteiger charge is -2.26. The second-order valence-electron chi connectivity index (χ2n) is 7.29. The molecule has 0 unspecified atom stereocenters. The van der Waals surface area contributed by atoms with Gasteiger partial charge in [-0.3, -0.25) is 4.90 Å². The van der Waals surface area contributed by atoms with Crippen molar-refractivity contribution in [1.82, 2.24) is 15.1 Å². The first-order valence-corrected chi connectivity index (χ1v) is 9.56. The molecule has 0 spiro atoms. The maximum Gasteiger partial charge on any atom is 0.317 e. The predicted molar refractivity (Wildman–Crippen MR) is 99.6 cm³/mol. The normalized spacial score (nSPS) is 24.8. The zero-order chi connectivity index (χ0) is 17.6. The third-order valence-corrected chi connectivity index (χ3v) is 5.67. The lowest BCUT2D eigenvalue weighted by molar-refractivity contribution is 0.0642. The van der Waals surface area contributed by atoms with Gasteiger partial charge in [0.05, 0.1) is 6.10 Å². The highest BCUT2D eigenvalue weighted by molar-refractivity contribution is 5.74. The van der Waals surface area contributed by atoms with Crippen LogP contribution in [0, 0.1) is 0 Å². The van der Waals surface area contributed by atoms with Crippen LogP contribution in [0.25, 0.3) is 0 Å². The molecule has 2 aliphatic rings. The molecule has 5 nitrogen and oxygen atoms in total. The molecule has 2 amide bonds. The lowest BCUT2D eigenvalue weighted by atomic mass is 10.1. The van der Waals surface area contributed by atoms with E-state index in [1.54, 1.807) is 0 Å². The van der Waals surface area contributed by atoms with E-state index in [9.17, 15) is 4.79 Å². The summed E-state index contributed by atoms with van der Waals surface area (Å²) in [6.07, 6.45) is 4.53. The third-order valence-electron chi connectivity index (χ3n) is 5.67. The minimum Gasteiger partial charge on any atom is -0.374 e. The molecule has 0 aliphatic carbocycles. The summed E-state index contributed by atoms with van der Waals surface area (Å²) in [6, 6.07) is 11.5. The van der Waals surface area contributed by atoms with Gasteiger partial charge in [-0.2, -0.15) is 0 Å². The molecular formula is C20H31N3O2. The van der Waals surface area contributed by atoms with Gasteiger partial charge in [-0.05, 0) is 45.2 Å². The predicted octanol–water partition coefficient (Wildman–Crippen LogP) is 3.03. The van der Waals surface area contributed by atoms with E-state index in [0.717, 1.165) is 25.9 Å². The van der Waals surface area contributed by atoms with E-state index < -0.39 is 0 Å². The van der Waals surface area contributed by atoms with E-state index >= 15 is 0 Å². The molecule has 2 saturated heterocycles. The number of amides is 2. The van der Waals surface area contributed by atoms with E-state index in [4.69, 9.17) is 4.74 Å². The van der Waals surface area contributed by atoms with Crippen molar-refractivity contribution in [3.05, 3.63) is 35.9 Å². The smallest absolute Gasteiger partial charge is 0.317 e. The van der Waals surface area contributed by atoms with Crippen LogP contribution >= 0.6 is 0 Å². The van der Waals surface area contributed by atoms with Gasteiger partial charge in [0.25, 0.3) is 0 Å². The number of benzene rings is 1. The van der Waals surface area contributed by atoms with E-state index in [-0.39, 0.29) is 12.1 Å². The van der Waals surface area contributed by atoms with E-state index in [2.05, 4.69) is 36.3 Å². The van der Waals surface area contributed by atoms with Gasteiger partial charge in [0.15, 0.2) is 0 Å². The van der Waals surface area contributed by atoms with Gasteiger partial charge in [-0.15, -0.1) is 0 Å². The van der Waals surface area contributed by atoms with Crippen molar-refractivity contribution in [3.8, 4) is 0 Å². The third kappa shape index (κ3) is 4.73.